The van der Waals surface area contributed by atoms with Crippen molar-refractivity contribution in [2.75, 3.05) is 0 Å². The minimum atomic E-state index is -4.74. The van der Waals surface area contributed by atoms with Crippen molar-refractivity contribution < 1.29 is 44.8 Å². The van der Waals surface area contributed by atoms with E-state index in [2.05, 4.69) is 43.0 Å². The quantitative estimate of drug-likeness (QED) is 0.137. The van der Waals surface area contributed by atoms with Crippen molar-refractivity contribution in [2.24, 2.45) is 11.5 Å². The fourth-order valence-electron chi connectivity index (χ4n) is 0.461. The van der Waals surface area contributed by atoms with Crippen LogP contribution in [0.1, 0.15) is 0 Å². The third-order valence-corrected chi connectivity index (χ3v) is 3.15. The van der Waals surface area contributed by atoms with Crippen LogP contribution in [0.5, 0.6) is 0 Å². The molecule has 0 spiro atoms. The van der Waals surface area contributed by atoms with E-state index < -0.39 is 42.5 Å². The van der Waals surface area contributed by atoms with Crippen LogP contribution in [0.3, 0.4) is 0 Å². The zero-order valence-corrected chi connectivity index (χ0v) is 12.1. The van der Waals surface area contributed by atoms with Crippen LogP contribution in [-0.2, 0) is 38.6 Å². The van der Waals surface area contributed by atoms with E-state index in [-0.39, 0.29) is 29.6 Å². The third kappa shape index (κ3) is 9.23. The number of carbonyl (C=O) groups is 2. The molecule has 0 aliphatic heterocycles. The summed E-state index contributed by atoms with van der Waals surface area (Å²) in [7, 11) is -9.48. The number of rotatable bonds is 9. The first-order valence-electron chi connectivity index (χ1n) is 4.58. The molecule has 0 aliphatic rings. The van der Waals surface area contributed by atoms with Gasteiger partial charge in [0.25, 0.3) is 10.2 Å². The fraction of sp³-hybridized carbons (Fsp3) is 0. The Morgan fingerprint density at radius 2 is 1.04 bits per heavy atom. The Bertz CT molecular complexity index is 626. The van der Waals surface area contributed by atoms with Gasteiger partial charge in [0.2, 0.25) is 0 Å². The monoisotopic (exact) mass is 386 g/mol. The topological polar surface area (TPSA) is 215 Å². The average molecular weight is 386 g/mol. The van der Waals surface area contributed by atoms with Crippen LogP contribution in [0.4, 0.5) is 9.59 Å². The number of urea groups is 2. The molecule has 0 fully saturated rings. The summed E-state index contributed by atoms with van der Waals surface area (Å²) in [6.45, 7) is 5.63. The molecule has 0 radical (unpaired) electrons. The number of primary amides is 2. The number of nitrogens with two attached hydrogens (primary N) is 2. The minimum absolute atomic E-state index is 0. The van der Waals surface area contributed by atoms with Gasteiger partial charge in [-0.2, -0.15) is 27.8 Å². The molecule has 0 unspecified atom stereocenters. The number of hydroxylamine groups is 2. The van der Waals surface area contributed by atoms with Crippen LogP contribution in [-0.4, -0.2) is 58.5 Å². The van der Waals surface area contributed by atoms with Gasteiger partial charge in [0.05, 0.1) is 0 Å². The number of hydrogen-bond donors (Lipinski definition) is 4. The molecule has 128 valence electrons. The van der Waals surface area contributed by atoms with E-state index in [1.54, 1.807) is 0 Å². The first-order chi connectivity index (χ1) is 9.88. The molecule has 6 N–H and O–H groups in total. The standard InChI is InChI=1S/C6H10N4O10S2.Na.H/c1-3(21(13,14)19-9-5(7)11)17-18-4(2)22(15,16)20-10-6(8)12;;/h1-2H2,(H3,7,9,11)(H3,8,10,12);;. The number of amides is 4. The molecule has 0 aliphatic carbocycles. The van der Waals surface area contributed by atoms with E-state index in [0.717, 1.165) is 0 Å². The summed E-state index contributed by atoms with van der Waals surface area (Å²) < 4.78 is 52.5. The Morgan fingerprint density at radius 3 is 1.26 bits per heavy atom. The van der Waals surface area contributed by atoms with Gasteiger partial charge in [-0.1, -0.05) is 0 Å². The molecule has 0 heterocycles. The molecule has 0 saturated carbocycles. The van der Waals surface area contributed by atoms with Crippen LogP contribution in [0.15, 0.2) is 23.3 Å². The van der Waals surface area contributed by atoms with E-state index in [1.807, 2.05) is 0 Å². The fourth-order valence-corrected chi connectivity index (χ4v) is 1.27. The summed E-state index contributed by atoms with van der Waals surface area (Å²) in [5.41, 5.74) is 11.6. The Balaban J connectivity index is 0. The zero-order chi connectivity index (χ0) is 17.6. The second kappa shape index (κ2) is 9.55. The Hall–Kier alpha value is -1.56. The molecule has 17 heteroatoms. The van der Waals surface area contributed by atoms with Gasteiger partial charge < -0.3 is 11.5 Å². The summed E-state index contributed by atoms with van der Waals surface area (Å²) in [4.78, 5) is 28.5. The van der Waals surface area contributed by atoms with Crippen LogP contribution in [0.2, 0.25) is 0 Å². The van der Waals surface area contributed by atoms with Crippen LogP contribution in [0.25, 0.3) is 0 Å². The predicted molar refractivity (Wildman–Crippen MR) is 73.0 cm³/mol. The van der Waals surface area contributed by atoms with Crippen molar-refractivity contribution in [1.29, 1.82) is 0 Å². The molecule has 0 aromatic rings. The molecule has 0 saturated heterocycles. The van der Waals surface area contributed by atoms with Crippen molar-refractivity contribution >= 4 is 61.9 Å². The van der Waals surface area contributed by atoms with Gasteiger partial charge in [0.1, 0.15) is 0 Å². The second-order valence-corrected chi connectivity index (χ2v) is 5.98. The van der Waals surface area contributed by atoms with E-state index in [1.165, 1.54) is 11.0 Å². The molecular weight excluding hydrogens is 375 g/mol. The summed E-state index contributed by atoms with van der Waals surface area (Å²) in [6.07, 6.45) is 0. The van der Waals surface area contributed by atoms with Crippen molar-refractivity contribution in [3.05, 3.63) is 23.3 Å². The van der Waals surface area contributed by atoms with Crippen molar-refractivity contribution in [2.45, 2.75) is 0 Å². The Labute approximate surface area is 152 Å². The maximum absolute atomic E-state index is 11.2. The van der Waals surface area contributed by atoms with E-state index >= 15 is 0 Å². The van der Waals surface area contributed by atoms with Gasteiger partial charge in [0, 0.05) is 0 Å². The average Bonchev–Trinajstić information content (AvgIpc) is 2.39. The Morgan fingerprint density at radius 1 is 0.783 bits per heavy atom. The summed E-state index contributed by atoms with van der Waals surface area (Å²) in [5, 5.41) is -2.55. The van der Waals surface area contributed by atoms with Gasteiger partial charge in [-0.05, 0) is 13.2 Å². The molecular formula is C6H11N4NaO10S2. The van der Waals surface area contributed by atoms with E-state index in [0.29, 0.717) is 0 Å². The number of carbonyl (C=O) groups excluding carboxylic acids is 2. The maximum atomic E-state index is 11.2. The number of hydrogen-bond acceptors (Lipinski definition) is 10. The van der Waals surface area contributed by atoms with Gasteiger partial charge in [0.15, 0.2) is 0 Å². The Kier molecular flexibility index (Phi) is 9.84. The number of nitrogens with one attached hydrogen (secondary N) is 2. The first-order valence-corrected chi connectivity index (χ1v) is 7.40. The summed E-state index contributed by atoms with van der Waals surface area (Å²) in [6, 6.07) is -2.70. The van der Waals surface area contributed by atoms with Gasteiger partial charge in [-0.25, -0.2) is 9.59 Å². The molecule has 0 atom stereocenters. The van der Waals surface area contributed by atoms with Crippen molar-refractivity contribution in [3.8, 4) is 0 Å². The molecule has 0 rings (SSSR count). The van der Waals surface area contributed by atoms with Gasteiger partial charge in [-0.15, -0.1) is 8.57 Å². The molecule has 0 aromatic carbocycles. The van der Waals surface area contributed by atoms with Gasteiger partial charge in [-0.3, -0.25) is 9.78 Å². The summed E-state index contributed by atoms with van der Waals surface area (Å²) >= 11 is 0. The van der Waals surface area contributed by atoms with Crippen LogP contribution < -0.4 is 22.4 Å². The zero-order valence-electron chi connectivity index (χ0n) is 10.5. The first kappa shape index (κ1) is 23.7. The second-order valence-electron chi connectivity index (χ2n) is 2.92. The molecule has 0 bridgehead atoms. The van der Waals surface area contributed by atoms with Crippen molar-refractivity contribution in [3.63, 3.8) is 0 Å². The van der Waals surface area contributed by atoms with Gasteiger partial charge >= 0.3 is 61.9 Å². The van der Waals surface area contributed by atoms with Crippen LogP contribution >= 0.6 is 0 Å². The normalized spacial score (nSPS) is 10.6. The molecule has 0 aromatic heterocycles. The van der Waals surface area contributed by atoms with E-state index in [4.69, 9.17) is 0 Å². The van der Waals surface area contributed by atoms with E-state index in [9.17, 15) is 26.4 Å². The SMILES string of the molecule is C=C(OOC(=C)S(=O)(=O)ONC(N)=O)S(=O)(=O)ONC(N)=O.[NaH]. The molecule has 14 nitrogen and oxygen atoms in total. The predicted octanol–water partition coefficient (Wildman–Crippen LogP) is -2.91. The third-order valence-electron chi connectivity index (χ3n) is 1.29. The molecule has 4 amide bonds. The van der Waals surface area contributed by atoms with Crippen LogP contribution in [0, 0.1) is 0 Å². The van der Waals surface area contributed by atoms with Crippen molar-refractivity contribution in [1.82, 2.24) is 11.0 Å². The molecule has 23 heavy (non-hydrogen) atoms. The summed E-state index contributed by atoms with van der Waals surface area (Å²) in [5.74, 6) is 0.